The van der Waals surface area contributed by atoms with Gasteiger partial charge < -0.3 is 0 Å². The Labute approximate surface area is 129 Å². The van der Waals surface area contributed by atoms with Gasteiger partial charge in [-0.2, -0.15) is 0 Å². The van der Waals surface area contributed by atoms with Gasteiger partial charge in [0.25, 0.3) is 0 Å². The van der Waals surface area contributed by atoms with Crippen molar-refractivity contribution < 1.29 is 0 Å². The highest BCUT2D eigenvalue weighted by Gasteiger charge is 2.25. The van der Waals surface area contributed by atoms with Crippen LogP contribution in [0.4, 0.5) is 0 Å². The molecule has 0 bridgehead atoms. The van der Waals surface area contributed by atoms with Crippen LogP contribution in [-0.4, -0.2) is 0 Å². The highest BCUT2D eigenvalue weighted by molar-refractivity contribution is 4.77. The summed E-state index contributed by atoms with van der Waals surface area (Å²) in [5, 5.41) is 0. The maximum absolute atomic E-state index is 2.49. The minimum Gasteiger partial charge on any atom is -0.0654 e. The summed E-state index contributed by atoms with van der Waals surface area (Å²) in [6.07, 6.45) is 20.7. The van der Waals surface area contributed by atoms with E-state index in [1.54, 1.807) is 6.42 Å². The summed E-state index contributed by atoms with van der Waals surface area (Å²) in [4.78, 5) is 0. The van der Waals surface area contributed by atoms with Crippen LogP contribution < -0.4 is 0 Å². The third kappa shape index (κ3) is 7.70. The number of unbranched alkanes of at least 4 members (excludes halogenated alkanes) is 5. The molecule has 1 aliphatic carbocycles. The lowest BCUT2D eigenvalue weighted by Crippen LogP contribution is -2.21. The molecule has 0 aliphatic heterocycles. The molecule has 0 amide bonds. The summed E-state index contributed by atoms with van der Waals surface area (Å²) >= 11 is 0. The SMILES string of the molecule is CCCCCCCCC1CCCCC1CC(C)CCC. The first kappa shape index (κ1) is 18.1. The summed E-state index contributed by atoms with van der Waals surface area (Å²) in [5.74, 6) is 3.12. The lowest BCUT2D eigenvalue weighted by Gasteiger charge is -2.33. The fourth-order valence-corrected chi connectivity index (χ4v) is 4.29. The van der Waals surface area contributed by atoms with E-state index in [4.69, 9.17) is 0 Å². The van der Waals surface area contributed by atoms with Gasteiger partial charge in [-0.25, -0.2) is 0 Å². The molecule has 1 rings (SSSR count). The molecule has 0 aromatic rings. The molecule has 0 radical (unpaired) electrons. The standard InChI is InChI=1S/C20H40/c1-4-6-7-8-9-10-14-19-15-11-12-16-20(19)17-18(3)13-5-2/h18-20H,4-17H2,1-3H3. The molecule has 3 atom stereocenters. The van der Waals surface area contributed by atoms with E-state index in [0.717, 1.165) is 17.8 Å². The summed E-state index contributed by atoms with van der Waals surface area (Å²) in [6.45, 7) is 7.13. The Morgan fingerprint density at radius 1 is 0.800 bits per heavy atom. The molecule has 0 spiro atoms. The molecule has 3 unspecified atom stereocenters. The molecule has 1 aliphatic rings. The second-order valence-corrected chi connectivity index (χ2v) is 7.49. The zero-order chi connectivity index (χ0) is 14.6. The first-order valence-electron chi connectivity index (χ1n) is 9.77. The minimum atomic E-state index is 0.968. The van der Waals surface area contributed by atoms with Crippen LogP contribution in [0, 0.1) is 17.8 Å². The van der Waals surface area contributed by atoms with Gasteiger partial charge in [0.2, 0.25) is 0 Å². The average Bonchev–Trinajstić information content (AvgIpc) is 2.44. The summed E-state index contributed by atoms with van der Waals surface area (Å²) in [6, 6.07) is 0. The minimum absolute atomic E-state index is 0.968. The van der Waals surface area contributed by atoms with Gasteiger partial charge in [-0.1, -0.05) is 104 Å². The molecule has 0 N–H and O–H groups in total. The molecule has 0 saturated heterocycles. The molecular formula is C20H40. The maximum atomic E-state index is 2.49. The van der Waals surface area contributed by atoms with Gasteiger partial charge >= 0.3 is 0 Å². The van der Waals surface area contributed by atoms with E-state index in [-0.39, 0.29) is 0 Å². The van der Waals surface area contributed by atoms with Crippen LogP contribution in [0.15, 0.2) is 0 Å². The molecular weight excluding hydrogens is 240 g/mol. The predicted molar refractivity (Wildman–Crippen MR) is 92.1 cm³/mol. The summed E-state index contributed by atoms with van der Waals surface area (Å²) < 4.78 is 0. The highest BCUT2D eigenvalue weighted by atomic mass is 14.3. The van der Waals surface area contributed by atoms with Crippen LogP contribution in [-0.2, 0) is 0 Å². The molecule has 1 fully saturated rings. The highest BCUT2D eigenvalue weighted by Crippen LogP contribution is 2.38. The second-order valence-electron chi connectivity index (χ2n) is 7.49. The smallest absolute Gasteiger partial charge is 0.0383 e. The Balaban J connectivity index is 2.18. The monoisotopic (exact) mass is 280 g/mol. The normalized spacial score (nSPS) is 24.8. The van der Waals surface area contributed by atoms with Crippen molar-refractivity contribution in [3.8, 4) is 0 Å². The Morgan fingerprint density at radius 3 is 2.15 bits per heavy atom. The van der Waals surface area contributed by atoms with Crippen LogP contribution in [0.2, 0.25) is 0 Å². The first-order chi connectivity index (χ1) is 9.77. The van der Waals surface area contributed by atoms with Gasteiger partial charge in [-0.15, -0.1) is 0 Å². The van der Waals surface area contributed by atoms with E-state index in [1.165, 1.54) is 83.5 Å². The van der Waals surface area contributed by atoms with E-state index >= 15 is 0 Å². The van der Waals surface area contributed by atoms with E-state index in [2.05, 4.69) is 20.8 Å². The van der Waals surface area contributed by atoms with E-state index in [1.807, 2.05) is 0 Å². The van der Waals surface area contributed by atoms with Crippen LogP contribution in [0.3, 0.4) is 0 Å². The van der Waals surface area contributed by atoms with Crippen LogP contribution >= 0.6 is 0 Å². The third-order valence-electron chi connectivity index (χ3n) is 5.48. The third-order valence-corrected chi connectivity index (χ3v) is 5.48. The summed E-state index contributed by atoms with van der Waals surface area (Å²) in [7, 11) is 0. The van der Waals surface area contributed by atoms with Crippen molar-refractivity contribution in [1.82, 2.24) is 0 Å². The van der Waals surface area contributed by atoms with Gasteiger partial charge in [-0.3, -0.25) is 0 Å². The van der Waals surface area contributed by atoms with Crippen molar-refractivity contribution in [3.05, 3.63) is 0 Å². The quantitative estimate of drug-likeness (QED) is 0.346. The lowest BCUT2D eigenvalue weighted by atomic mass is 9.72. The topological polar surface area (TPSA) is 0 Å². The van der Waals surface area contributed by atoms with Gasteiger partial charge in [0.1, 0.15) is 0 Å². The molecule has 20 heavy (non-hydrogen) atoms. The van der Waals surface area contributed by atoms with Gasteiger partial charge in [0.15, 0.2) is 0 Å². The van der Waals surface area contributed by atoms with Crippen molar-refractivity contribution in [2.75, 3.05) is 0 Å². The van der Waals surface area contributed by atoms with Crippen LogP contribution in [0.5, 0.6) is 0 Å². The molecule has 0 aromatic heterocycles. The molecule has 0 aromatic carbocycles. The Bertz CT molecular complexity index is 208. The van der Waals surface area contributed by atoms with Crippen LogP contribution in [0.1, 0.15) is 111 Å². The van der Waals surface area contributed by atoms with Crippen molar-refractivity contribution >= 4 is 0 Å². The fraction of sp³-hybridized carbons (Fsp3) is 1.00. The average molecular weight is 281 g/mol. The Morgan fingerprint density at radius 2 is 1.45 bits per heavy atom. The largest absolute Gasteiger partial charge is 0.0654 e. The molecule has 120 valence electrons. The van der Waals surface area contributed by atoms with Gasteiger partial charge in [0.05, 0.1) is 0 Å². The number of rotatable bonds is 11. The van der Waals surface area contributed by atoms with Crippen molar-refractivity contribution in [2.45, 2.75) is 111 Å². The number of hydrogen-bond acceptors (Lipinski definition) is 0. The molecule has 0 heterocycles. The Hall–Kier alpha value is 0. The molecule has 0 nitrogen and oxygen atoms in total. The maximum Gasteiger partial charge on any atom is -0.0383 e. The van der Waals surface area contributed by atoms with Crippen molar-refractivity contribution in [3.63, 3.8) is 0 Å². The Kier molecular flexibility index (Phi) is 10.5. The zero-order valence-corrected chi connectivity index (χ0v) is 14.6. The second kappa shape index (κ2) is 11.6. The van der Waals surface area contributed by atoms with Gasteiger partial charge in [-0.05, 0) is 24.2 Å². The number of hydrogen-bond donors (Lipinski definition) is 0. The first-order valence-corrected chi connectivity index (χ1v) is 9.77. The predicted octanol–water partition coefficient (Wildman–Crippen LogP) is 7.37. The molecule has 0 heteroatoms. The van der Waals surface area contributed by atoms with Gasteiger partial charge in [0, 0.05) is 0 Å². The van der Waals surface area contributed by atoms with Crippen molar-refractivity contribution in [1.29, 1.82) is 0 Å². The fourth-order valence-electron chi connectivity index (χ4n) is 4.29. The van der Waals surface area contributed by atoms with Crippen LogP contribution in [0.25, 0.3) is 0 Å². The van der Waals surface area contributed by atoms with E-state index in [9.17, 15) is 0 Å². The lowest BCUT2D eigenvalue weighted by molar-refractivity contribution is 0.182. The van der Waals surface area contributed by atoms with E-state index < -0.39 is 0 Å². The van der Waals surface area contributed by atoms with E-state index in [0.29, 0.717) is 0 Å². The van der Waals surface area contributed by atoms with Crippen molar-refractivity contribution in [2.24, 2.45) is 17.8 Å². The zero-order valence-electron chi connectivity index (χ0n) is 14.6. The molecule has 1 saturated carbocycles. The summed E-state index contributed by atoms with van der Waals surface area (Å²) in [5.41, 5.74) is 0.